The van der Waals surface area contributed by atoms with Crippen molar-refractivity contribution in [3.63, 3.8) is 0 Å². The molecule has 1 aliphatic heterocycles. The van der Waals surface area contributed by atoms with Gasteiger partial charge in [-0.05, 0) is 41.8 Å². The number of hydrogen-bond donors (Lipinski definition) is 1. The van der Waals surface area contributed by atoms with E-state index in [2.05, 4.69) is 44.7 Å². The Morgan fingerprint density at radius 1 is 1.00 bits per heavy atom. The number of ether oxygens (including phenoxy) is 1. The molecule has 1 amide bonds. The molecule has 4 rings (SSSR count). The molecule has 1 N–H and O–H groups in total. The Balaban J connectivity index is 1.47. The van der Waals surface area contributed by atoms with Crippen LogP contribution in [0.2, 0.25) is 0 Å². The van der Waals surface area contributed by atoms with Crippen LogP contribution in [0.4, 0.5) is 11.5 Å². The van der Waals surface area contributed by atoms with E-state index in [0.29, 0.717) is 11.4 Å². The van der Waals surface area contributed by atoms with Crippen molar-refractivity contribution in [3.8, 4) is 5.75 Å². The molecule has 0 aliphatic carbocycles. The molecule has 27 heavy (non-hydrogen) atoms. The lowest BCUT2D eigenvalue weighted by Crippen LogP contribution is -2.31. The highest BCUT2D eigenvalue weighted by atomic mass is 16.5. The van der Waals surface area contributed by atoms with Crippen molar-refractivity contribution in [2.24, 2.45) is 0 Å². The van der Waals surface area contributed by atoms with Crippen LogP contribution in [-0.2, 0) is 13.0 Å². The predicted molar refractivity (Wildman–Crippen MR) is 104 cm³/mol. The first-order valence-electron chi connectivity index (χ1n) is 8.84. The number of para-hydroxylation sites is 2. The van der Waals surface area contributed by atoms with Crippen molar-refractivity contribution in [2.75, 3.05) is 23.9 Å². The second kappa shape index (κ2) is 7.45. The lowest BCUT2D eigenvalue weighted by Gasteiger charge is -2.29. The van der Waals surface area contributed by atoms with E-state index in [1.807, 2.05) is 18.2 Å². The Labute approximate surface area is 157 Å². The van der Waals surface area contributed by atoms with Gasteiger partial charge in [0.05, 0.1) is 12.8 Å². The number of nitrogens with one attached hydrogen (secondary N) is 1. The van der Waals surface area contributed by atoms with Crippen LogP contribution in [0, 0.1) is 0 Å². The van der Waals surface area contributed by atoms with Crippen LogP contribution in [0.5, 0.6) is 5.75 Å². The minimum absolute atomic E-state index is 0.266. The van der Waals surface area contributed by atoms with Gasteiger partial charge in [-0.1, -0.05) is 36.4 Å². The molecule has 0 spiro atoms. The summed E-state index contributed by atoms with van der Waals surface area (Å²) in [5.41, 5.74) is 3.56. The minimum Gasteiger partial charge on any atom is -0.495 e. The SMILES string of the molecule is COc1ccccc1NC(=O)c1ccc(N2CCc3ccccc3C2)nn1. The number of anilines is 2. The summed E-state index contributed by atoms with van der Waals surface area (Å²) >= 11 is 0. The van der Waals surface area contributed by atoms with E-state index in [1.54, 1.807) is 25.3 Å². The molecule has 0 fully saturated rings. The van der Waals surface area contributed by atoms with Gasteiger partial charge in [-0.15, -0.1) is 10.2 Å². The van der Waals surface area contributed by atoms with E-state index in [1.165, 1.54) is 11.1 Å². The largest absolute Gasteiger partial charge is 0.495 e. The lowest BCUT2D eigenvalue weighted by molar-refractivity contribution is 0.102. The van der Waals surface area contributed by atoms with Crippen molar-refractivity contribution >= 4 is 17.4 Å². The van der Waals surface area contributed by atoms with Crippen molar-refractivity contribution in [2.45, 2.75) is 13.0 Å². The molecular weight excluding hydrogens is 340 g/mol. The molecule has 0 atom stereocenters. The molecule has 6 nitrogen and oxygen atoms in total. The van der Waals surface area contributed by atoms with Crippen molar-refractivity contribution < 1.29 is 9.53 Å². The van der Waals surface area contributed by atoms with Gasteiger partial charge in [0.25, 0.3) is 5.91 Å². The molecule has 0 saturated heterocycles. The normalized spacial score (nSPS) is 13.0. The molecule has 2 heterocycles. The molecule has 1 aromatic heterocycles. The molecule has 6 heteroatoms. The molecule has 0 saturated carbocycles. The molecule has 3 aromatic rings. The number of fused-ring (bicyclic) bond motifs is 1. The highest BCUT2D eigenvalue weighted by Gasteiger charge is 2.18. The summed E-state index contributed by atoms with van der Waals surface area (Å²) < 4.78 is 5.25. The quantitative estimate of drug-likeness (QED) is 0.773. The summed E-state index contributed by atoms with van der Waals surface area (Å²) in [7, 11) is 1.57. The summed E-state index contributed by atoms with van der Waals surface area (Å²) in [6.45, 7) is 1.69. The maximum atomic E-state index is 12.5. The van der Waals surface area contributed by atoms with Crippen LogP contribution >= 0.6 is 0 Å². The number of carbonyl (C=O) groups excluding carboxylic acids is 1. The van der Waals surface area contributed by atoms with Crippen LogP contribution in [0.3, 0.4) is 0 Å². The Bertz CT molecular complexity index is 956. The van der Waals surface area contributed by atoms with Crippen LogP contribution in [0.15, 0.2) is 60.7 Å². The molecule has 136 valence electrons. The highest BCUT2D eigenvalue weighted by molar-refractivity contribution is 6.03. The van der Waals surface area contributed by atoms with E-state index >= 15 is 0 Å². The maximum Gasteiger partial charge on any atom is 0.276 e. The zero-order valence-electron chi connectivity index (χ0n) is 15.1. The standard InChI is InChI=1S/C21H20N4O2/c1-27-19-9-5-4-8-17(19)22-21(26)18-10-11-20(24-23-18)25-13-12-15-6-2-3-7-16(15)14-25/h2-11H,12-14H2,1H3,(H,22,26). The predicted octanol–water partition coefficient (Wildman–Crippen LogP) is 3.30. The minimum atomic E-state index is -0.317. The van der Waals surface area contributed by atoms with E-state index in [0.717, 1.165) is 25.3 Å². The molecular formula is C21H20N4O2. The van der Waals surface area contributed by atoms with Gasteiger partial charge in [-0.2, -0.15) is 0 Å². The maximum absolute atomic E-state index is 12.5. The fraction of sp³-hybridized carbons (Fsp3) is 0.190. The number of hydrogen-bond acceptors (Lipinski definition) is 5. The Hall–Kier alpha value is -3.41. The average Bonchev–Trinajstić information content (AvgIpc) is 2.74. The summed E-state index contributed by atoms with van der Waals surface area (Å²) in [6.07, 6.45) is 0.980. The second-order valence-electron chi connectivity index (χ2n) is 6.37. The Kier molecular flexibility index (Phi) is 4.70. The van der Waals surface area contributed by atoms with Crippen LogP contribution in [0.25, 0.3) is 0 Å². The van der Waals surface area contributed by atoms with Gasteiger partial charge < -0.3 is 15.0 Å². The van der Waals surface area contributed by atoms with E-state index in [9.17, 15) is 4.79 Å². The first kappa shape index (κ1) is 17.0. The molecule has 0 bridgehead atoms. The molecule has 0 unspecified atom stereocenters. The summed E-state index contributed by atoms with van der Waals surface area (Å²) in [6, 6.07) is 19.2. The first-order chi connectivity index (χ1) is 13.2. The van der Waals surface area contributed by atoms with Gasteiger partial charge in [-0.25, -0.2) is 0 Å². The van der Waals surface area contributed by atoms with Gasteiger partial charge in [0.2, 0.25) is 0 Å². The number of methoxy groups -OCH3 is 1. The third kappa shape index (κ3) is 3.60. The van der Waals surface area contributed by atoms with Gasteiger partial charge in [-0.3, -0.25) is 4.79 Å². The zero-order valence-corrected chi connectivity index (χ0v) is 15.1. The summed E-state index contributed by atoms with van der Waals surface area (Å²) in [5.74, 6) is 1.06. The van der Waals surface area contributed by atoms with E-state index in [4.69, 9.17) is 4.74 Å². The summed E-state index contributed by atoms with van der Waals surface area (Å²) in [5, 5.41) is 11.2. The molecule has 1 aliphatic rings. The van der Waals surface area contributed by atoms with E-state index in [-0.39, 0.29) is 11.6 Å². The topological polar surface area (TPSA) is 67.3 Å². The van der Waals surface area contributed by atoms with Crippen LogP contribution in [-0.4, -0.2) is 29.8 Å². The van der Waals surface area contributed by atoms with E-state index < -0.39 is 0 Å². The fourth-order valence-electron chi connectivity index (χ4n) is 3.24. The van der Waals surface area contributed by atoms with Crippen LogP contribution in [0.1, 0.15) is 21.6 Å². The number of aromatic nitrogens is 2. The molecule has 0 radical (unpaired) electrons. The number of amides is 1. The van der Waals surface area contributed by atoms with Gasteiger partial charge in [0.15, 0.2) is 11.5 Å². The third-order valence-corrected chi connectivity index (χ3v) is 4.69. The third-order valence-electron chi connectivity index (χ3n) is 4.69. The van der Waals surface area contributed by atoms with Crippen molar-refractivity contribution in [1.29, 1.82) is 0 Å². The number of carbonyl (C=O) groups is 1. The lowest BCUT2D eigenvalue weighted by atomic mass is 10.00. The average molecular weight is 360 g/mol. The van der Waals surface area contributed by atoms with Gasteiger partial charge >= 0.3 is 0 Å². The van der Waals surface area contributed by atoms with Gasteiger partial charge in [0.1, 0.15) is 5.75 Å². The second-order valence-corrected chi connectivity index (χ2v) is 6.37. The Morgan fingerprint density at radius 2 is 1.78 bits per heavy atom. The summed E-state index contributed by atoms with van der Waals surface area (Å²) in [4.78, 5) is 14.6. The fourth-order valence-corrected chi connectivity index (χ4v) is 3.24. The van der Waals surface area contributed by atoms with Crippen LogP contribution < -0.4 is 15.0 Å². The number of rotatable bonds is 4. The van der Waals surface area contributed by atoms with Crippen molar-refractivity contribution in [1.82, 2.24) is 10.2 Å². The number of benzene rings is 2. The zero-order chi connectivity index (χ0) is 18.6. The Morgan fingerprint density at radius 3 is 2.56 bits per heavy atom. The first-order valence-corrected chi connectivity index (χ1v) is 8.84. The van der Waals surface area contributed by atoms with Crippen molar-refractivity contribution in [3.05, 3.63) is 77.5 Å². The number of nitrogens with zero attached hydrogens (tertiary/aromatic N) is 3. The highest BCUT2D eigenvalue weighted by Crippen LogP contribution is 2.24. The van der Waals surface area contributed by atoms with Gasteiger partial charge in [0, 0.05) is 13.1 Å². The molecule has 2 aromatic carbocycles. The monoisotopic (exact) mass is 360 g/mol. The smallest absolute Gasteiger partial charge is 0.276 e.